The lowest BCUT2D eigenvalue weighted by molar-refractivity contribution is -0.155. The second-order valence-electron chi connectivity index (χ2n) is 4.22. The third-order valence-electron chi connectivity index (χ3n) is 2.25. The van der Waals surface area contributed by atoms with Gasteiger partial charge in [-0.15, -0.1) is 0 Å². The lowest BCUT2D eigenvalue weighted by atomic mass is 9.99. The molecule has 4 heteroatoms. The maximum absolute atomic E-state index is 13.4. The summed E-state index contributed by atoms with van der Waals surface area (Å²) in [6, 6.07) is 0. The van der Waals surface area contributed by atoms with Gasteiger partial charge in [-0.1, -0.05) is 19.8 Å². The molecule has 0 heterocycles. The summed E-state index contributed by atoms with van der Waals surface area (Å²) in [6.45, 7) is 6.71. The van der Waals surface area contributed by atoms with E-state index in [1.165, 1.54) is 6.92 Å². The third-order valence-corrected chi connectivity index (χ3v) is 2.25. The molecule has 0 bridgehead atoms. The standard InChI is InChI=1S/C12H21FO3/c1-5-6-7-10(13)11(14)9(4)12(15)16-8(2)3/h8-10H,5-7H2,1-4H3. The molecule has 0 rings (SSSR count). The molecule has 0 aliphatic carbocycles. The predicted octanol–water partition coefficient (Wildman–Crippen LogP) is 2.67. The van der Waals surface area contributed by atoms with Gasteiger partial charge in [-0.3, -0.25) is 9.59 Å². The average Bonchev–Trinajstić information content (AvgIpc) is 2.22. The van der Waals surface area contributed by atoms with Gasteiger partial charge >= 0.3 is 5.97 Å². The molecule has 2 atom stereocenters. The van der Waals surface area contributed by atoms with E-state index in [2.05, 4.69) is 0 Å². The van der Waals surface area contributed by atoms with Gasteiger partial charge in [0.2, 0.25) is 0 Å². The number of hydrogen-bond donors (Lipinski definition) is 0. The van der Waals surface area contributed by atoms with Crippen LogP contribution in [0.3, 0.4) is 0 Å². The van der Waals surface area contributed by atoms with Gasteiger partial charge in [0.25, 0.3) is 0 Å². The maximum Gasteiger partial charge on any atom is 0.316 e. The normalized spacial score (nSPS) is 14.6. The summed E-state index contributed by atoms with van der Waals surface area (Å²) in [5.41, 5.74) is 0. The minimum Gasteiger partial charge on any atom is -0.462 e. The Morgan fingerprint density at radius 2 is 1.81 bits per heavy atom. The summed E-state index contributed by atoms with van der Waals surface area (Å²) in [7, 11) is 0. The number of alkyl halides is 1. The minimum absolute atomic E-state index is 0.189. The Kier molecular flexibility index (Phi) is 6.93. The number of esters is 1. The molecule has 0 aliphatic heterocycles. The zero-order valence-corrected chi connectivity index (χ0v) is 10.5. The van der Waals surface area contributed by atoms with Crippen molar-refractivity contribution >= 4 is 11.8 Å². The van der Waals surface area contributed by atoms with Crippen LogP contribution in [0, 0.1) is 5.92 Å². The highest BCUT2D eigenvalue weighted by Gasteiger charge is 2.29. The highest BCUT2D eigenvalue weighted by Crippen LogP contribution is 2.13. The fourth-order valence-electron chi connectivity index (χ4n) is 1.25. The van der Waals surface area contributed by atoms with Crippen molar-refractivity contribution in [1.29, 1.82) is 0 Å². The van der Waals surface area contributed by atoms with Crippen molar-refractivity contribution in [3.8, 4) is 0 Å². The zero-order valence-electron chi connectivity index (χ0n) is 10.5. The molecule has 94 valence electrons. The Bertz CT molecular complexity index is 238. The summed E-state index contributed by atoms with van der Waals surface area (Å²) in [6.07, 6.45) is -0.155. The van der Waals surface area contributed by atoms with Crippen molar-refractivity contribution in [2.45, 2.75) is 59.2 Å². The molecule has 0 amide bonds. The molecule has 2 unspecified atom stereocenters. The lowest BCUT2D eigenvalue weighted by Gasteiger charge is -2.14. The van der Waals surface area contributed by atoms with E-state index in [4.69, 9.17) is 4.74 Å². The van der Waals surface area contributed by atoms with Crippen molar-refractivity contribution in [1.82, 2.24) is 0 Å². The largest absolute Gasteiger partial charge is 0.462 e. The van der Waals surface area contributed by atoms with E-state index in [9.17, 15) is 14.0 Å². The van der Waals surface area contributed by atoms with Crippen molar-refractivity contribution in [2.75, 3.05) is 0 Å². The SMILES string of the molecule is CCCCC(F)C(=O)C(C)C(=O)OC(C)C. The summed E-state index contributed by atoms with van der Waals surface area (Å²) in [4.78, 5) is 22.9. The highest BCUT2D eigenvalue weighted by molar-refractivity contribution is 6.00. The van der Waals surface area contributed by atoms with Gasteiger partial charge in [-0.05, 0) is 27.2 Å². The number of carbonyl (C=O) groups excluding carboxylic acids is 2. The fraction of sp³-hybridized carbons (Fsp3) is 0.833. The van der Waals surface area contributed by atoms with Crippen LogP contribution in [0.2, 0.25) is 0 Å². The van der Waals surface area contributed by atoms with Crippen LogP contribution in [0.5, 0.6) is 0 Å². The van der Waals surface area contributed by atoms with Crippen LogP contribution >= 0.6 is 0 Å². The maximum atomic E-state index is 13.4. The van der Waals surface area contributed by atoms with Gasteiger partial charge in [-0.2, -0.15) is 0 Å². The Hall–Kier alpha value is -0.930. The van der Waals surface area contributed by atoms with Gasteiger partial charge in [0.05, 0.1) is 6.10 Å². The molecule has 16 heavy (non-hydrogen) atoms. The number of ether oxygens (including phenoxy) is 1. The molecular formula is C12H21FO3. The predicted molar refractivity (Wildman–Crippen MR) is 59.8 cm³/mol. The van der Waals surface area contributed by atoms with Gasteiger partial charge in [0, 0.05) is 0 Å². The second kappa shape index (κ2) is 7.36. The lowest BCUT2D eigenvalue weighted by Crippen LogP contribution is -2.31. The van der Waals surface area contributed by atoms with Crippen molar-refractivity contribution in [3.05, 3.63) is 0 Å². The summed E-state index contributed by atoms with van der Waals surface area (Å²) in [5.74, 6) is -2.31. The summed E-state index contributed by atoms with van der Waals surface area (Å²) < 4.78 is 18.2. The molecule has 0 aromatic carbocycles. The first-order valence-electron chi connectivity index (χ1n) is 5.78. The third kappa shape index (κ3) is 5.24. The molecule has 0 N–H and O–H groups in total. The highest BCUT2D eigenvalue weighted by atomic mass is 19.1. The van der Waals surface area contributed by atoms with Crippen LogP contribution in [0.4, 0.5) is 4.39 Å². The van der Waals surface area contributed by atoms with Gasteiger partial charge in [-0.25, -0.2) is 4.39 Å². The first-order valence-corrected chi connectivity index (χ1v) is 5.78. The number of halogens is 1. The molecule has 3 nitrogen and oxygen atoms in total. The molecule has 0 aromatic heterocycles. The average molecular weight is 232 g/mol. The summed E-state index contributed by atoms with van der Waals surface area (Å²) >= 11 is 0. The Balaban J connectivity index is 4.20. The van der Waals surface area contributed by atoms with Gasteiger partial charge in [0.1, 0.15) is 5.92 Å². The summed E-state index contributed by atoms with van der Waals surface area (Å²) in [5, 5.41) is 0. The molecular weight excluding hydrogens is 211 g/mol. The number of ketones is 1. The van der Waals surface area contributed by atoms with E-state index in [1.807, 2.05) is 6.92 Å². The number of carbonyl (C=O) groups is 2. The Labute approximate surface area is 96.4 Å². The zero-order chi connectivity index (χ0) is 12.7. The Morgan fingerprint density at radius 1 is 1.25 bits per heavy atom. The van der Waals surface area contributed by atoms with E-state index in [1.54, 1.807) is 13.8 Å². The van der Waals surface area contributed by atoms with Crippen molar-refractivity contribution in [3.63, 3.8) is 0 Å². The molecule has 0 spiro atoms. The van der Waals surface area contributed by atoms with Crippen LogP contribution in [0.15, 0.2) is 0 Å². The van der Waals surface area contributed by atoms with Crippen LogP contribution in [0.25, 0.3) is 0 Å². The van der Waals surface area contributed by atoms with Gasteiger partial charge in [0.15, 0.2) is 12.0 Å². The molecule has 0 radical (unpaired) electrons. The van der Waals surface area contributed by atoms with Crippen LogP contribution in [0.1, 0.15) is 47.0 Å². The number of hydrogen-bond acceptors (Lipinski definition) is 3. The molecule has 0 saturated heterocycles. The van der Waals surface area contributed by atoms with Crippen LogP contribution in [-0.2, 0) is 14.3 Å². The van der Waals surface area contributed by atoms with Crippen molar-refractivity contribution in [2.24, 2.45) is 5.92 Å². The topological polar surface area (TPSA) is 43.4 Å². The molecule has 0 saturated carbocycles. The monoisotopic (exact) mass is 232 g/mol. The quantitative estimate of drug-likeness (QED) is 0.500. The smallest absolute Gasteiger partial charge is 0.316 e. The number of rotatable bonds is 7. The minimum atomic E-state index is -1.55. The second-order valence-corrected chi connectivity index (χ2v) is 4.22. The first-order chi connectivity index (χ1) is 7.40. The molecule has 0 aromatic rings. The Morgan fingerprint density at radius 3 is 2.25 bits per heavy atom. The van der Waals surface area contributed by atoms with Crippen LogP contribution in [-0.4, -0.2) is 24.0 Å². The van der Waals surface area contributed by atoms with Crippen LogP contribution < -0.4 is 0 Å². The number of unbranched alkanes of at least 4 members (excludes halogenated alkanes) is 1. The van der Waals surface area contributed by atoms with E-state index in [0.29, 0.717) is 6.42 Å². The van der Waals surface area contributed by atoms with E-state index in [-0.39, 0.29) is 12.5 Å². The number of Topliss-reactive ketones (excluding diaryl/α,β-unsaturated/α-hetero) is 1. The van der Waals surface area contributed by atoms with Gasteiger partial charge < -0.3 is 4.74 Å². The fourth-order valence-corrected chi connectivity index (χ4v) is 1.25. The van der Waals surface area contributed by atoms with E-state index < -0.39 is 23.8 Å². The molecule has 0 fully saturated rings. The van der Waals surface area contributed by atoms with E-state index in [0.717, 1.165) is 6.42 Å². The first kappa shape index (κ1) is 15.1. The van der Waals surface area contributed by atoms with E-state index >= 15 is 0 Å². The molecule has 0 aliphatic rings. The van der Waals surface area contributed by atoms with Crippen molar-refractivity contribution < 1.29 is 18.7 Å².